The van der Waals surface area contributed by atoms with Crippen LogP contribution in [0.2, 0.25) is 0 Å². The molecular weight excluding hydrogens is 458 g/mol. The minimum Gasteiger partial charge on any atom is -0.319 e. The molecule has 11 heteroatoms. The van der Waals surface area contributed by atoms with Crippen molar-refractivity contribution < 1.29 is 22.4 Å². The van der Waals surface area contributed by atoms with Gasteiger partial charge in [-0.1, -0.05) is 22.0 Å². The topological polar surface area (TPSA) is 72.2 Å². The van der Waals surface area contributed by atoms with Gasteiger partial charge >= 0.3 is 0 Å². The lowest BCUT2D eigenvalue weighted by molar-refractivity contribution is 0.102. The maximum atomic E-state index is 13.3. The fourth-order valence-corrected chi connectivity index (χ4v) is 3.27. The summed E-state index contributed by atoms with van der Waals surface area (Å²) in [4.78, 5) is 20.5. The van der Waals surface area contributed by atoms with Crippen molar-refractivity contribution in [1.29, 1.82) is 0 Å². The average Bonchev–Trinajstić information content (AvgIpc) is 3.13. The Labute approximate surface area is 168 Å². The summed E-state index contributed by atoms with van der Waals surface area (Å²) in [7, 11) is 0. The Morgan fingerprint density at radius 3 is 2.62 bits per heavy atom. The summed E-state index contributed by atoms with van der Waals surface area (Å²) < 4.78 is 53.9. The number of carbonyl (C=O) groups excluding carboxylic acids is 1. The zero-order valence-electron chi connectivity index (χ0n) is 14.3. The highest BCUT2D eigenvalue weighted by Gasteiger charge is 2.22. The molecule has 0 atom stereocenters. The van der Waals surface area contributed by atoms with Gasteiger partial charge < -0.3 is 5.32 Å². The van der Waals surface area contributed by atoms with Crippen molar-refractivity contribution in [3.05, 3.63) is 64.1 Å². The Bertz CT molecular complexity index is 1240. The highest BCUT2D eigenvalue weighted by Crippen LogP contribution is 2.29. The van der Waals surface area contributed by atoms with Crippen molar-refractivity contribution in [3.63, 3.8) is 0 Å². The van der Waals surface area contributed by atoms with E-state index >= 15 is 0 Å². The van der Waals surface area contributed by atoms with Gasteiger partial charge in [0.15, 0.2) is 11.3 Å². The standard InChI is InChI=1S/C18H10BrF4N5O/c19-9-3-4-10(15-8(9)2-1-5-24-15)26-18(29)12-7-14-25-11(16(20)21)6-13(17(22)23)28(14)27-12/h1-7,16-17H,(H,26,29). The molecule has 0 aliphatic rings. The summed E-state index contributed by atoms with van der Waals surface area (Å²) in [6.45, 7) is 0. The number of aromatic nitrogens is 4. The molecule has 6 nitrogen and oxygen atoms in total. The maximum absolute atomic E-state index is 13.3. The van der Waals surface area contributed by atoms with E-state index in [1.54, 1.807) is 30.5 Å². The first-order chi connectivity index (χ1) is 13.8. The summed E-state index contributed by atoms with van der Waals surface area (Å²) in [5.41, 5.74) is -1.24. The number of anilines is 1. The van der Waals surface area contributed by atoms with E-state index in [9.17, 15) is 22.4 Å². The minimum atomic E-state index is -3.08. The fourth-order valence-electron chi connectivity index (χ4n) is 2.82. The van der Waals surface area contributed by atoms with Crippen LogP contribution in [0, 0.1) is 0 Å². The van der Waals surface area contributed by atoms with Gasteiger partial charge in [-0.05, 0) is 24.3 Å². The van der Waals surface area contributed by atoms with Gasteiger partial charge in [-0.2, -0.15) is 5.10 Å². The van der Waals surface area contributed by atoms with Crippen LogP contribution < -0.4 is 5.32 Å². The van der Waals surface area contributed by atoms with Gasteiger partial charge in [0.1, 0.15) is 11.4 Å². The molecule has 148 valence electrons. The molecule has 0 fully saturated rings. The van der Waals surface area contributed by atoms with E-state index in [2.05, 4.69) is 36.3 Å². The predicted molar refractivity (Wildman–Crippen MR) is 100 cm³/mol. The van der Waals surface area contributed by atoms with Crippen LogP contribution in [0.3, 0.4) is 0 Å². The third-order valence-electron chi connectivity index (χ3n) is 4.12. The quantitative estimate of drug-likeness (QED) is 0.420. The van der Waals surface area contributed by atoms with Gasteiger partial charge in [0.25, 0.3) is 18.8 Å². The summed E-state index contributed by atoms with van der Waals surface area (Å²) in [5.74, 6) is -0.719. The molecule has 4 rings (SSSR count). The maximum Gasteiger partial charge on any atom is 0.280 e. The second-order valence-electron chi connectivity index (χ2n) is 5.96. The van der Waals surface area contributed by atoms with Crippen molar-refractivity contribution in [3.8, 4) is 0 Å². The summed E-state index contributed by atoms with van der Waals surface area (Å²) >= 11 is 3.40. The highest BCUT2D eigenvalue weighted by atomic mass is 79.9. The predicted octanol–water partition coefficient (Wildman–Crippen LogP) is 5.17. The summed E-state index contributed by atoms with van der Waals surface area (Å²) in [6.07, 6.45) is -4.56. The molecule has 29 heavy (non-hydrogen) atoms. The second kappa shape index (κ2) is 7.39. The van der Waals surface area contributed by atoms with Crippen LogP contribution in [0.25, 0.3) is 16.6 Å². The lowest BCUT2D eigenvalue weighted by Crippen LogP contribution is -2.13. The van der Waals surface area contributed by atoms with E-state index in [0.717, 1.165) is 15.9 Å². The second-order valence-corrected chi connectivity index (χ2v) is 6.81. The van der Waals surface area contributed by atoms with E-state index in [0.29, 0.717) is 21.8 Å². The molecule has 0 aliphatic heterocycles. The number of hydrogen-bond acceptors (Lipinski definition) is 4. The van der Waals surface area contributed by atoms with E-state index in [1.165, 1.54) is 0 Å². The molecule has 3 aromatic heterocycles. The number of benzene rings is 1. The molecule has 4 aromatic rings. The van der Waals surface area contributed by atoms with Crippen LogP contribution in [-0.2, 0) is 0 Å². The highest BCUT2D eigenvalue weighted by molar-refractivity contribution is 9.10. The van der Waals surface area contributed by atoms with Crippen LogP contribution in [0.4, 0.5) is 23.2 Å². The van der Waals surface area contributed by atoms with Gasteiger partial charge in [-0.15, -0.1) is 0 Å². The number of nitrogens with zero attached hydrogens (tertiary/aromatic N) is 4. The molecule has 1 amide bonds. The monoisotopic (exact) mass is 467 g/mol. The molecule has 0 unspecified atom stereocenters. The van der Waals surface area contributed by atoms with Crippen molar-refractivity contribution in [2.45, 2.75) is 12.9 Å². The van der Waals surface area contributed by atoms with Gasteiger partial charge in [0, 0.05) is 22.1 Å². The Hall–Kier alpha value is -3.08. The number of carbonyl (C=O) groups is 1. The Balaban J connectivity index is 1.75. The average molecular weight is 468 g/mol. The third kappa shape index (κ3) is 3.53. The normalized spacial score (nSPS) is 11.7. The number of fused-ring (bicyclic) bond motifs is 2. The molecule has 1 aromatic carbocycles. The summed E-state index contributed by atoms with van der Waals surface area (Å²) in [5, 5.41) is 7.18. The zero-order chi connectivity index (χ0) is 20.7. The van der Waals surface area contributed by atoms with E-state index < -0.39 is 30.1 Å². The minimum absolute atomic E-state index is 0.252. The van der Waals surface area contributed by atoms with Crippen molar-refractivity contribution in [2.75, 3.05) is 5.32 Å². The third-order valence-corrected chi connectivity index (χ3v) is 4.81. The Morgan fingerprint density at radius 1 is 1.10 bits per heavy atom. The number of pyridine rings is 1. The number of nitrogens with one attached hydrogen (secondary N) is 1. The Kier molecular flexibility index (Phi) is 4.91. The molecule has 0 spiro atoms. The first kappa shape index (κ1) is 19.2. The molecule has 0 radical (unpaired) electrons. The van der Waals surface area contributed by atoms with Gasteiger partial charge in [-0.3, -0.25) is 9.78 Å². The van der Waals surface area contributed by atoms with Gasteiger partial charge in [-0.25, -0.2) is 27.1 Å². The van der Waals surface area contributed by atoms with Gasteiger partial charge in [0.2, 0.25) is 0 Å². The molecule has 0 bridgehead atoms. The fraction of sp³-hybridized carbons (Fsp3) is 0.111. The zero-order valence-corrected chi connectivity index (χ0v) is 15.9. The van der Waals surface area contributed by atoms with Crippen LogP contribution in [0.15, 0.2) is 47.1 Å². The van der Waals surface area contributed by atoms with E-state index in [1.807, 2.05) is 0 Å². The van der Waals surface area contributed by atoms with Crippen LogP contribution in [-0.4, -0.2) is 25.5 Å². The van der Waals surface area contributed by atoms with Crippen LogP contribution in [0.5, 0.6) is 0 Å². The summed E-state index contributed by atoms with van der Waals surface area (Å²) in [6, 6.07) is 8.51. The molecular formula is C18H10BrF4N5O. The van der Waals surface area contributed by atoms with Crippen molar-refractivity contribution >= 4 is 44.1 Å². The first-order valence-corrected chi connectivity index (χ1v) is 8.96. The van der Waals surface area contributed by atoms with E-state index in [-0.39, 0.29) is 11.3 Å². The molecule has 0 saturated carbocycles. The van der Waals surface area contributed by atoms with Crippen LogP contribution in [0.1, 0.15) is 34.7 Å². The smallest absolute Gasteiger partial charge is 0.280 e. The SMILES string of the molecule is O=C(Nc1ccc(Br)c2cccnc12)c1cc2nc(C(F)F)cc(C(F)F)n2n1. The van der Waals surface area contributed by atoms with E-state index in [4.69, 9.17) is 0 Å². The first-order valence-electron chi connectivity index (χ1n) is 8.16. The van der Waals surface area contributed by atoms with Crippen LogP contribution >= 0.6 is 15.9 Å². The van der Waals surface area contributed by atoms with Gasteiger partial charge in [0.05, 0.1) is 11.2 Å². The molecule has 3 heterocycles. The number of hydrogen-bond donors (Lipinski definition) is 1. The molecule has 1 N–H and O–H groups in total. The largest absolute Gasteiger partial charge is 0.319 e. The number of halogens is 5. The molecule has 0 saturated heterocycles. The number of alkyl halides is 4. The Morgan fingerprint density at radius 2 is 1.90 bits per heavy atom. The number of amides is 1. The lowest BCUT2D eigenvalue weighted by atomic mass is 10.2. The lowest BCUT2D eigenvalue weighted by Gasteiger charge is -2.08. The number of rotatable bonds is 4. The van der Waals surface area contributed by atoms with Crippen molar-refractivity contribution in [2.24, 2.45) is 0 Å². The molecule has 0 aliphatic carbocycles. The van der Waals surface area contributed by atoms with Crippen molar-refractivity contribution in [1.82, 2.24) is 19.6 Å².